The molecule has 2 heterocycles. The lowest BCUT2D eigenvalue weighted by molar-refractivity contribution is 0.0519. The summed E-state index contributed by atoms with van der Waals surface area (Å²) in [5.74, 6) is -0.0873. The Morgan fingerprint density at radius 1 is 1.27 bits per heavy atom. The van der Waals surface area contributed by atoms with Crippen molar-refractivity contribution in [3.8, 4) is 11.1 Å². The molecule has 2 fully saturated rings. The molecule has 0 radical (unpaired) electrons. The number of esters is 1. The number of morpholine rings is 1. The van der Waals surface area contributed by atoms with E-state index in [0.29, 0.717) is 11.3 Å². The molecule has 0 bridgehead atoms. The number of nitrogens with one attached hydrogen (secondary N) is 1. The van der Waals surface area contributed by atoms with Crippen molar-refractivity contribution in [2.24, 2.45) is 5.92 Å². The van der Waals surface area contributed by atoms with E-state index in [9.17, 15) is 4.79 Å². The molecular formula is C23H28N4O3. The van der Waals surface area contributed by atoms with E-state index in [2.05, 4.69) is 22.0 Å². The van der Waals surface area contributed by atoms with Gasteiger partial charge in [0.15, 0.2) is 5.69 Å². The standard InChI is InChI=1S/C23H28N4O3/c1-2-30-23(28)19-14-18(20(22(25)26-19)21(24)16-4-3-5-16)15-6-8-17(9-7-15)27-10-12-29-13-11-27/h6-9,14,16,24H,2-5,10-13H2,1H3,(H2,25,26). The number of anilines is 2. The van der Waals surface area contributed by atoms with Gasteiger partial charge < -0.3 is 25.5 Å². The molecule has 30 heavy (non-hydrogen) atoms. The SMILES string of the molecule is CCOC(=O)c1cc(-c2ccc(N3CCOCC3)cc2)c(C(=N)C2CCC2)c(N)n1. The van der Waals surface area contributed by atoms with E-state index < -0.39 is 5.97 Å². The number of pyridine rings is 1. The summed E-state index contributed by atoms with van der Waals surface area (Å²) in [6.45, 7) is 5.22. The van der Waals surface area contributed by atoms with Crippen LogP contribution in [0.25, 0.3) is 11.1 Å². The summed E-state index contributed by atoms with van der Waals surface area (Å²) in [6.07, 6.45) is 3.12. The van der Waals surface area contributed by atoms with E-state index in [1.165, 1.54) is 0 Å². The highest BCUT2D eigenvalue weighted by Gasteiger charge is 2.28. The normalized spacial score (nSPS) is 16.8. The molecule has 7 nitrogen and oxygen atoms in total. The zero-order valence-corrected chi connectivity index (χ0v) is 17.3. The number of carbonyl (C=O) groups excluding carboxylic acids is 1. The Morgan fingerprint density at radius 3 is 2.57 bits per heavy atom. The molecule has 3 N–H and O–H groups in total. The van der Waals surface area contributed by atoms with E-state index >= 15 is 0 Å². The van der Waals surface area contributed by atoms with E-state index in [-0.39, 0.29) is 24.0 Å². The summed E-state index contributed by atoms with van der Waals surface area (Å²) >= 11 is 0. The number of rotatable bonds is 6. The van der Waals surface area contributed by atoms with Crippen molar-refractivity contribution in [2.45, 2.75) is 26.2 Å². The lowest BCUT2D eigenvalue weighted by atomic mass is 9.78. The number of nitrogen functional groups attached to an aromatic ring is 1. The summed E-state index contributed by atoms with van der Waals surface area (Å²) < 4.78 is 10.6. The third-order valence-electron chi connectivity index (χ3n) is 5.87. The van der Waals surface area contributed by atoms with E-state index in [1.807, 2.05) is 12.1 Å². The molecule has 0 amide bonds. The lowest BCUT2D eigenvalue weighted by Crippen LogP contribution is -2.36. The number of hydrogen-bond acceptors (Lipinski definition) is 7. The molecule has 2 aliphatic rings. The minimum atomic E-state index is -0.503. The number of carbonyl (C=O) groups is 1. The molecule has 1 aliphatic carbocycles. The quantitative estimate of drug-likeness (QED) is 0.560. The number of ether oxygens (including phenoxy) is 2. The molecule has 0 spiro atoms. The second-order valence-electron chi connectivity index (χ2n) is 7.72. The first-order valence-electron chi connectivity index (χ1n) is 10.6. The van der Waals surface area contributed by atoms with Gasteiger partial charge in [-0.3, -0.25) is 0 Å². The second kappa shape index (κ2) is 8.83. The van der Waals surface area contributed by atoms with Crippen LogP contribution in [0.4, 0.5) is 11.5 Å². The number of aromatic nitrogens is 1. The maximum absolute atomic E-state index is 12.3. The average Bonchev–Trinajstić information content (AvgIpc) is 2.72. The maximum Gasteiger partial charge on any atom is 0.357 e. The first-order valence-corrected chi connectivity index (χ1v) is 10.6. The Kier molecular flexibility index (Phi) is 5.99. The van der Waals surface area contributed by atoms with Crippen molar-refractivity contribution in [1.29, 1.82) is 5.41 Å². The largest absolute Gasteiger partial charge is 0.461 e. The first-order chi connectivity index (χ1) is 14.6. The Morgan fingerprint density at radius 2 is 1.97 bits per heavy atom. The molecule has 1 aliphatic heterocycles. The molecule has 1 saturated heterocycles. The van der Waals surface area contributed by atoms with Crippen LogP contribution in [0.15, 0.2) is 30.3 Å². The van der Waals surface area contributed by atoms with Crippen molar-refractivity contribution in [1.82, 2.24) is 4.98 Å². The fraction of sp³-hybridized carbons (Fsp3) is 0.435. The van der Waals surface area contributed by atoms with Crippen molar-refractivity contribution in [2.75, 3.05) is 43.5 Å². The van der Waals surface area contributed by atoms with Crippen LogP contribution in [0.3, 0.4) is 0 Å². The van der Waals surface area contributed by atoms with Crippen LogP contribution in [0, 0.1) is 11.3 Å². The van der Waals surface area contributed by atoms with Crippen molar-refractivity contribution >= 4 is 23.2 Å². The summed E-state index contributed by atoms with van der Waals surface area (Å²) in [7, 11) is 0. The Bertz CT molecular complexity index is 932. The average molecular weight is 409 g/mol. The molecule has 4 rings (SSSR count). The number of nitrogens with zero attached hydrogens (tertiary/aromatic N) is 2. The predicted octanol–water partition coefficient (Wildman–Crippen LogP) is 3.51. The van der Waals surface area contributed by atoms with Gasteiger partial charge >= 0.3 is 5.97 Å². The minimum Gasteiger partial charge on any atom is -0.461 e. The Hall–Kier alpha value is -2.93. The van der Waals surface area contributed by atoms with E-state index in [4.69, 9.17) is 20.6 Å². The van der Waals surface area contributed by atoms with Crippen LogP contribution < -0.4 is 10.6 Å². The highest BCUT2D eigenvalue weighted by Crippen LogP contribution is 2.36. The van der Waals surface area contributed by atoms with Gasteiger partial charge in [0.05, 0.1) is 19.8 Å². The smallest absolute Gasteiger partial charge is 0.357 e. The number of hydrogen-bond donors (Lipinski definition) is 2. The molecular weight excluding hydrogens is 380 g/mol. The van der Waals surface area contributed by atoms with Crippen LogP contribution in [0.1, 0.15) is 42.2 Å². The zero-order chi connectivity index (χ0) is 21.1. The number of benzene rings is 1. The number of nitrogens with two attached hydrogens (primary N) is 1. The van der Waals surface area contributed by atoms with Crippen molar-refractivity contribution in [3.63, 3.8) is 0 Å². The highest BCUT2D eigenvalue weighted by molar-refractivity contribution is 6.10. The van der Waals surface area contributed by atoms with Crippen LogP contribution in [-0.2, 0) is 9.47 Å². The van der Waals surface area contributed by atoms with Gasteiger partial charge in [0.2, 0.25) is 0 Å². The minimum absolute atomic E-state index is 0.173. The first kappa shape index (κ1) is 20.3. The monoisotopic (exact) mass is 408 g/mol. The topological polar surface area (TPSA) is 102 Å². The summed E-state index contributed by atoms with van der Waals surface area (Å²) in [5, 5.41) is 8.72. The fourth-order valence-electron chi connectivity index (χ4n) is 3.96. The molecule has 1 aromatic heterocycles. The predicted molar refractivity (Wildman–Crippen MR) is 117 cm³/mol. The molecule has 2 aromatic rings. The van der Waals surface area contributed by atoms with Crippen LogP contribution in [0.2, 0.25) is 0 Å². The molecule has 0 atom stereocenters. The van der Waals surface area contributed by atoms with Gasteiger partial charge in [-0.25, -0.2) is 9.78 Å². The summed E-state index contributed by atoms with van der Waals surface area (Å²) in [5.41, 5.74) is 10.4. The second-order valence-corrected chi connectivity index (χ2v) is 7.72. The van der Waals surface area contributed by atoms with Crippen LogP contribution >= 0.6 is 0 Å². The summed E-state index contributed by atoms with van der Waals surface area (Å²) in [6, 6.07) is 9.88. The van der Waals surface area contributed by atoms with Crippen molar-refractivity contribution < 1.29 is 14.3 Å². The molecule has 1 aromatic carbocycles. The van der Waals surface area contributed by atoms with Gasteiger partial charge in [0.25, 0.3) is 0 Å². The zero-order valence-electron chi connectivity index (χ0n) is 17.3. The Balaban J connectivity index is 1.73. The van der Waals surface area contributed by atoms with Crippen molar-refractivity contribution in [3.05, 3.63) is 41.6 Å². The molecule has 7 heteroatoms. The molecule has 158 valence electrons. The van der Waals surface area contributed by atoms with E-state index in [1.54, 1.807) is 13.0 Å². The highest BCUT2D eigenvalue weighted by atomic mass is 16.5. The lowest BCUT2D eigenvalue weighted by Gasteiger charge is -2.29. The van der Waals surface area contributed by atoms with Gasteiger partial charge in [-0.05, 0) is 49.1 Å². The Labute approximate surface area is 176 Å². The van der Waals surface area contributed by atoms with Crippen LogP contribution in [-0.4, -0.2) is 49.6 Å². The van der Waals surface area contributed by atoms with Crippen LogP contribution in [0.5, 0.6) is 0 Å². The third kappa shape index (κ3) is 4.03. The fourth-order valence-corrected chi connectivity index (χ4v) is 3.96. The van der Waals surface area contributed by atoms with Gasteiger partial charge in [-0.2, -0.15) is 0 Å². The van der Waals surface area contributed by atoms with E-state index in [0.717, 1.165) is 62.4 Å². The van der Waals surface area contributed by atoms with Gasteiger partial charge in [-0.1, -0.05) is 18.6 Å². The maximum atomic E-state index is 12.3. The summed E-state index contributed by atoms with van der Waals surface area (Å²) in [4.78, 5) is 18.9. The van der Waals surface area contributed by atoms with Gasteiger partial charge in [-0.15, -0.1) is 0 Å². The molecule has 1 saturated carbocycles. The van der Waals surface area contributed by atoms with Gasteiger partial charge in [0, 0.05) is 36.0 Å². The third-order valence-corrected chi connectivity index (χ3v) is 5.87. The van der Waals surface area contributed by atoms with Gasteiger partial charge in [0.1, 0.15) is 5.82 Å². The molecule has 0 unspecified atom stereocenters.